The summed E-state index contributed by atoms with van der Waals surface area (Å²) in [5, 5.41) is 0. The average molecular weight is 278 g/mol. The van der Waals surface area contributed by atoms with Crippen molar-refractivity contribution in [2.75, 3.05) is 21.3 Å². The zero-order valence-corrected chi connectivity index (χ0v) is 11.3. The average Bonchev–Trinajstić information content (AvgIpc) is 2.46. The highest BCUT2D eigenvalue weighted by Gasteiger charge is 2.14. The van der Waals surface area contributed by atoms with E-state index in [2.05, 4.69) is 9.97 Å². The topological polar surface area (TPSA) is 82.7 Å². The number of aromatic amines is 1. The van der Waals surface area contributed by atoms with Crippen molar-refractivity contribution in [3.05, 3.63) is 34.9 Å². The van der Waals surface area contributed by atoms with Gasteiger partial charge >= 0.3 is 0 Å². The molecule has 0 radical (unpaired) electrons. The molecule has 1 aromatic carbocycles. The summed E-state index contributed by atoms with van der Waals surface area (Å²) in [6.45, 7) is 0. The minimum atomic E-state index is -0.303. The van der Waals surface area contributed by atoms with Crippen LogP contribution < -0.4 is 24.5 Å². The van der Waals surface area contributed by atoms with E-state index in [0.717, 1.165) is 0 Å². The van der Waals surface area contributed by atoms with E-state index in [1.165, 1.54) is 33.7 Å². The second-order valence-electron chi connectivity index (χ2n) is 3.71. The molecule has 7 nitrogen and oxygen atoms in total. The number of benzene rings is 1. The summed E-state index contributed by atoms with van der Waals surface area (Å²) in [4.78, 5) is 17.5. The molecule has 1 N–H and O–H groups in total. The van der Waals surface area contributed by atoms with E-state index in [1.807, 2.05) is 0 Å². The van der Waals surface area contributed by atoms with Crippen LogP contribution in [0.2, 0.25) is 0 Å². The van der Waals surface area contributed by atoms with Crippen LogP contribution in [-0.4, -0.2) is 31.3 Å². The highest BCUT2D eigenvalue weighted by molar-refractivity contribution is 5.56. The number of hydrogen-bond donors (Lipinski definition) is 1. The fourth-order valence-electron chi connectivity index (χ4n) is 1.64. The van der Waals surface area contributed by atoms with Gasteiger partial charge in [0.25, 0.3) is 5.56 Å². The van der Waals surface area contributed by atoms with Crippen LogP contribution in [0.1, 0.15) is 0 Å². The van der Waals surface area contributed by atoms with E-state index < -0.39 is 0 Å². The van der Waals surface area contributed by atoms with Gasteiger partial charge in [-0.2, -0.15) is 0 Å². The lowest BCUT2D eigenvalue weighted by Gasteiger charge is -2.14. The first-order valence-corrected chi connectivity index (χ1v) is 5.70. The zero-order chi connectivity index (χ0) is 14.5. The normalized spacial score (nSPS) is 9.95. The third-order valence-corrected chi connectivity index (χ3v) is 2.51. The highest BCUT2D eigenvalue weighted by Crippen LogP contribution is 2.41. The Labute approximate surface area is 115 Å². The fourth-order valence-corrected chi connectivity index (χ4v) is 1.64. The summed E-state index contributed by atoms with van der Waals surface area (Å²) in [5.41, 5.74) is -0.303. The summed E-state index contributed by atoms with van der Waals surface area (Å²) in [5.74, 6) is 1.94. The third kappa shape index (κ3) is 2.82. The number of methoxy groups -OCH3 is 3. The van der Waals surface area contributed by atoms with Crippen LogP contribution in [0, 0.1) is 0 Å². The molecule has 0 spiro atoms. The quantitative estimate of drug-likeness (QED) is 0.894. The minimum Gasteiger partial charge on any atom is -0.493 e. The highest BCUT2D eigenvalue weighted by atomic mass is 16.5. The minimum absolute atomic E-state index is 0.169. The van der Waals surface area contributed by atoms with Crippen molar-refractivity contribution < 1.29 is 18.9 Å². The molecule has 0 unspecified atom stereocenters. The molecule has 1 aromatic heterocycles. The van der Waals surface area contributed by atoms with Gasteiger partial charge in [-0.3, -0.25) is 4.79 Å². The Morgan fingerprint density at radius 2 is 1.65 bits per heavy atom. The number of ether oxygens (including phenoxy) is 4. The Morgan fingerprint density at radius 1 is 1.00 bits per heavy atom. The van der Waals surface area contributed by atoms with Crippen LogP contribution in [-0.2, 0) is 0 Å². The van der Waals surface area contributed by atoms with Gasteiger partial charge in [-0.05, 0) is 0 Å². The maximum Gasteiger partial charge on any atom is 0.254 e. The Hall–Kier alpha value is -2.70. The molecular weight excluding hydrogens is 264 g/mol. The standard InChI is InChI=1S/C13H14N2O5/c1-17-9-4-8(5-10(18-2)13(9)19-3)20-12-6-11(16)14-7-15-12/h4-7H,1-3H3,(H,14,15,16). The summed E-state index contributed by atoms with van der Waals surface area (Å²) in [6, 6.07) is 4.47. The van der Waals surface area contributed by atoms with Crippen molar-refractivity contribution >= 4 is 0 Å². The number of hydrogen-bond acceptors (Lipinski definition) is 6. The molecule has 0 saturated carbocycles. The molecule has 0 aliphatic carbocycles. The molecule has 0 amide bonds. The molecule has 7 heteroatoms. The van der Waals surface area contributed by atoms with Crippen molar-refractivity contribution in [2.45, 2.75) is 0 Å². The zero-order valence-electron chi connectivity index (χ0n) is 11.3. The van der Waals surface area contributed by atoms with E-state index in [4.69, 9.17) is 18.9 Å². The van der Waals surface area contributed by atoms with Gasteiger partial charge in [0, 0.05) is 12.1 Å². The molecule has 106 valence electrons. The maximum absolute atomic E-state index is 11.2. The second-order valence-corrected chi connectivity index (χ2v) is 3.71. The van der Waals surface area contributed by atoms with Gasteiger partial charge in [-0.25, -0.2) is 4.98 Å². The maximum atomic E-state index is 11.2. The third-order valence-electron chi connectivity index (χ3n) is 2.51. The van der Waals surface area contributed by atoms with Gasteiger partial charge in [-0.1, -0.05) is 0 Å². The van der Waals surface area contributed by atoms with E-state index in [1.54, 1.807) is 12.1 Å². The monoisotopic (exact) mass is 278 g/mol. The molecule has 0 aliphatic heterocycles. The van der Waals surface area contributed by atoms with Crippen molar-refractivity contribution in [2.24, 2.45) is 0 Å². The van der Waals surface area contributed by atoms with Crippen LogP contribution >= 0.6 is 0 Å². The molecule has 1 heterocycles. The Morgan fingerprint density at radius 3 is 2.15 bits per heavy atom. The molecule has 2 rings (SSSR count). The lowest BCUT2D eigenvalue weighted by molar-refractivity contribution is 0.320. The Balaban J connectivity index is 2.39. The summed E-state index contributed by atoms with van der Waals surface area (Å²) in [6.07, 6.45) is 1.26. The van der Waals surface area contributed by atoms with Gasteiger partial charge in [0.15, 0.2) is 11.5 Å². The Bertz CT molecular complexity index is 628. The fraction of sp³-hybridized carbons (Fsp3) is 0.231. The first-order valence-electron chi connectivity index (χ1n) is 5.70. The SMILES string of the molecule is COc1cc(Oc2cc(=O)[nH]cn2)cc(OC)c1OC. The van der Waals surface area contributed by atoms with Crippen molar-refractivity contribution in [1.29, 1.82) is 0 Å². The van der Waals surface area contributed by atoms with Gasteiger partial charge in [0.2, 0.25) is 11.6 Å². The van der Waals surface area contributed by atoms with Crippen LogP contribution in [0.3, 0.4) is 0 Å². The van der Waals surface area contributed by atoms with Crippen molar-refractivity contribution in [1.82, 2.24) is 9.97 Å². The predicted octanol–water partition coefficient (Wildman–Crippen LogP) is 1.59. The molecule has 2 aromatic rings. The van der Waals surface area contributed by atoms with Crippen molar-refractivity contribution in [3.8, 4) is 28.9 Å². The van der Waals surface area contributed by atoms with Crippen LogP contribution in [0.25, 0.3) is 0 Å². The molecule has 0 saturated heterocycles. The van der Waals surface area contributed by atoms with Crippen LogP contribution in [0.5, 0.6) is 28.9 Å². The van der Waals surface area contributed by atoms with E-state index in [-0.39, 0.29) is 11.4 Å². The van der Waals surface area contributed by atoms with Crippen LogP contribution in [0.4, 0.5) is 0 Å². The molecule has 0 bridgehead atoms. The Kier molecular flexibility index (Phi) is 4.09. The largest absolute Gasteiger partial charge is 0.493 e. The van der Waals surface area contributed by atoms with E-state index in [0.29, 0.717) is 23.0 Å². The van der Waals surface area contributed by atoms with E-state index in [9.17, 15) is 4.79 Å². The van der Waals surface area contributed by atoms with Crippen molar-refractivity contribution in [3.63, 3.8) is 0 Å². The summed E-state index contributed by atoms with van der Waals surface area (Å²) in [7, 11) is 4.53. The van der Waals surface area contributed by atoms with Gasteiger partial charge < -0.3 is 23.9 Å². The molecular formula is C13H14N2O5. The smallest absolute Gasteiger partial charge is 0.254 e. The summed E-state index contributed by atoms with van der Waals surface area (Å²) >= 11 is 0. The van der Waals surface area contributed by atoms with Gasteiger partial charge in [-0.15, -0.1) is 0 Å². The number of H-pyrrole nitrogens is 1. The molecule has 20 heavy (non-hydrogen) atoms. The lowest BCUT2D eigenvalue weighted by atomic mass is 10.2. The number of rotatable bonds is 5. The van der Waals surface area contributed by atoms with Gasteiger partial charge in [0.1, 0.15) is 5.75 Å². The number of nitrogens with one attached hydrogen (secondary N) is 1. The predicted molar refractivity (Wildman–Crippen MR) is 71.0 cm³/mol. The molecule has 0 aliphatic rings. The second kappa shape index (κ2) is 5.96. The molecule has 0 fully saturated rings. The first-order chi connectivity index (χ1) is 9.67. The van der Waals surface area contributed by atoms with Gasteiger partial charge in [0.05, 0.1) is 33.7 Å². The lowest BCUT2D eigenvalue weighted by Crippen LogP contribution is -2.04. The first kappa shape index (κ1) is 13.7. The van der Waals surface area contributed by atoms with E-state index >= 15 is 0 Å². The molecule has 0 atom stereocenters. The summed E-state index contributed by atoms with van der Waals surface area (Å²) < 4.78 is 21.1. The van der Waals surface area contributed by atoms with Crippen LogP contribution in [0.15, 0.2) is 29.3 Å². The number of nitrogens with zero attached hydrogens (tertiary/aromatic N) is 1. The number of aromatic nitrogens is 2.